The molecule has 2 amide bonds. The summed E-state index contributed by atoms with van der Waals surface area (Å²) in [4.78, 5) is 33.2. The average Bonchev–Trinajstić information content (AvgIpc) is 3.63. The number of hydrogen-bond donors (Lipinski definition) is 1. The van der Waals surface area contributed by atoms with Gasteiger partial charge >= 0.3 is 0 Å². The van der Waals surface area contributed by atoms with Crippen molar-refractivity contribution in [3.05, 3.63) is 95.1 Å². The number of carbonyl (C=O) groups is 2. The summed E-state index contributed by atoms with van der Waals surface area (Å²) in [5.41, 5.74) is 3.94. The Morgan fingerprint density at radius 1 is 1.12 bits per heavy atom. The molecule has 0 bridgehead atoms. The Labute approximate surface area is 238 Å². The van der Waals surface area contributed by atoms with Crippen molar-refractivity contribution in [3.63, 3.8) is 0 Å². The molecule has 1 aromatic heterocycles. The van der Waals surface area contributed by atoms with Gasteiger partial charge in [-0.2, -0.15) is 0 Å². The standard InChI is InChI=1S/C31H31ClN4O4/c1-21-8-14-25(15-9-21)36-19-28(22-10-12-24(32)13-11-22)33-31(36)34-29(37)20-35(18-27-7-4-16-40-27)30(38)23-5-3-6-26(17-23)39-2/h3,5-6,8-15,17,19,27H,4,7,16,18,20H2,1-2H3,(H,33,34,37). The van der Waals surface area contributed by atoms with Crippen molar-refractivity contribution in [3.8, 4) is 22.7 Å². The number of benzene rings is 3. The second-order valence-corrected chi connectivity index (χ2v) is 10.2. The predicted molar refractivity (Wildman–Crippen MR) is 155 cm³/mol. The zero-order valence-corrected chi connectivity index (χ0v) is 23.2. The van der Waals surface area contributed by atoms with E-state index in [0.29, 0.717) is 41.1 Å². The lowest BCUT2D eigenvalue weighted by Gasteiger charge is -2.25. The van der Waals surface area contributed by atoms with Crippen LogP contribution >= 0.6 is 11.6 Å². The molecule has 1 saturated heterocycles. The maximum atomic E-state index is 13.5. The number of aryl methyl sites for hydroxylation is 1. The van der Waals surface area contributed by atoms with Crippen LogP contribution in [0.25, 0.3) is 16.9 Å². The molecule has 1 aliphatic rings. The number of carbonyl (C=O) groups excluding carboxylic acids is 2. The minimum atomic E-state index is -0.365. The van der Waals surface area contributed by atoms with E-state index in [1.807, 2.05) is 54.1 Å². The molecule has 2 heterocycles. The molecule has 0 saturated carbocycles. The monoisotopic (exact) mass is 558 g/mol. The molecule has 4 aromatic rings. The summed E-state index contributed by atoms with van der Waals surface area (Å²) in [5, 5.41) is 3.56. The highest BCUT2D eigenvalue weighted by atomic mass is 35.5. The summed E-state index contributed by atoms with van der Waals surface area (Å²) in [7, 11) is 1.55. The van der Waals surface area contributed by atoms with E-state index in [1.165, 1.54) is 4.90 Å². The predicted octanol–water partition coefficient (Wildman–Crippen LogP) is 5.77. The van der Waals surface area contributed by atoms with Crippen molar-refractivity contribution in [2.24, 2.45) is 0 Å². The van der Waals surface area contributed by atoms with Gasteiger partial charge in [0.1, 0.15) is 12.3 Å². The van der Waals surface area contributed by atoms with Crippen LogP contribution < -0.4 is 10.1 Å². The molecule has 1 N–H and O–H groups in total. The summed E-state index contributed by atoms with van der Waals surface area (Å²) in [6.45, 7) is 2.82. The molecular weight excluding hydrogens is 528 g/mol. The molecule has 3 aromatic carbocycles. The van der Waals surface area contributed by atoms with Gasteiger partial charge in [0.25, 0.3) is 5.91 Å². The third kappa shape index (κ3) is 6.52. The molecule has 1 unspecified atom stereocenters. The quantitative estimate of drug-likeness (QED) is 0.282. The molecule has 0 radical (unpaired) electrons. The first-order valence-corrected chi connectivity index (χ1v) is 13.5. The maximum absolute atomic E-state index is 13.5. The van der Waals surface area contributed by atoms with Gasteiger partial charge in [0.2, 0.25) is 11.9 Å². The fraction of sp³-hybridized carbons (Fsp3) is 0.258. The molecule has 1 aliphatic heterocycles. The van der Waals surface area contributed by atoms with E-state index in [9.17, 15) is 9.59 Å². The van der Waals surface area contributed by atoms with Crippen molar-refractivity contribution in [1.82, 2.24) is 14.5 Å². The highest BCUT2D eigenvalue weighted by Crippen LogP contribution is 2.26. The molecule has 1 fully saturated rings. The Morgan fingerprint density at radius 2 is 1.90 bits per heavy atom. The lowest BCUT2D eigenvalue weighted by Crippen LogP contribution is -2.42. The lowest BCUT2D eigenvalue weighted by molar-refractivity contribution is -0.117. The van der Waals surface area contributed by atoms with Crippen LogP contribution in [0.3, 0.4) is 0 Å². The number of imidazole rings is 1. The van der Waals surface area contributed by atoms with E-state index in [-0.39, 0.29) is 24.5 Å². The third-order valence-electron chi connectivity index (χ3n) is 6.80. The maximum Gasteiger partial charge on any atom is 0.254 e. The summed E-state index contributed by atoms with van der Waals surface area (Å²) in [6, 6.07) is 22.2. The van der Waals surface area contributed by atoms with Crippen LogP contribution in [0.4, 0.5) is 5.95 Å². The number of anilines is 1. The Morgan fingerprint density at radius 3 is 2.60 bits per heavy atom. The number of halogens is 1. The Hall–Kier alpha value is -4.14. The highest BCUT2D eigenvalue weighted by molar-refractivity contribution is 6.30. The van der Waals surface area contributed by atoms with E-state index in [2.05, 4.69) is 5.32 Å². The fourth-order valence-corrected chi connectivity index (χ4v) is 4.79. The van der Waals surface area contributed by atoms with Gasteiger partial charge in [-0.05, 0) is 62.2 Å². The van der Waals surface area contributed by atoms with Crippen LogP contribution in [0, 0.1) is 6.92 Å². The Bertz CT molecular complexity index is 1480. The van der Waals surface area contributed by atoms with Gasteiger partial charge in [0, 0.05) is 41.2 Å². The van der Waals surface area contributed by atoms with Gasteiger partial charge in [-0.3, -0.25) is 19.5 Å². The normalized spacial score (nSPS) is 14.6. The van der Waals surface area contributed by atoms with Crippen LogP contribution in [0.5, 0.6) is 5.75 Å². The summed E-state index contributed by atoms with van der Waals surface area (Å²) in [6.07, 6.45) is 3.52. The second-order valence-electron chi connectivity index (χ2n) is 9.76. The van der Waals surface area contributed by atoms with Gasteiger partial charge in [-0.1, -0.05) is 47.5 Å². The first kappa shape index (κ1) is 27.4. The second kappa shape index (κ2) is 12.4. The molecule has 9 heteroatoms. The van der Waals surface area contributed by atoms with Gasteiger partial charge in [0.15, 0.2) is 0 Å². The average molecular weight is 559 g/mol. The fourth-order valence-electron chi connectivity index (χ4n) is 4.66. The largest absolute Gasteiger partial charge is 0.497 e. The molecule has 40 heavy (non-hydrogen) atoms. The van der Waals surface area contributed by atoms with E-state index >= 15 is 0 Å². The number of nitrogens with one attached hydrogen (secondary N) is 1. The number of ether oxygens (including phenoxy) is 2. The van der Waals surface area contributed by atoms with Gasteiger partial charge in [0.05, 0.1) is 18.9 Å². The minimum Gasteiger partial charge on any atom is -0.497 e. The summed E-state index contributed by atoms with van der Waals surface area (Å²) >= 11 is 6.08. The van der Waals surface area contributed by atoms with Gasteiger partial charge in [-0.15, -0.1) is 0 Å². The van der Waals surface area contributed by atoms with E-state index in [4.69, 9.17) is 26.1 Å². The molecule has 5 rings (SSSR count). The number of hydrogen-bond acceptors (Lipinski definition) is 5. The zero-order valence-electron chi connectivity index (χ0n) is 22.5. The van der Waals surface area contributed by atoms with E-state index in [0.717, 1.165) is 29.7 Å². The van der Waals surface area contributed by atoms with Crippen LogP contribution in [-0.4, -0.2) is 59.2 Å². The van der Waals surface area contributed by atoms with Crippen molar-refractivity contribution in [2.45, 2.75) is 25.9 Å². The Kier molecular flexibility index (Phi) is 8.48. The Balaban J connectivity index is 1.41. The van der Waals surface area contributed by atoms with Crippen LogP contribution in [0.2, 0.25) is 5.02 Å². The topological polar surface area (TPSA) is 85.7 Å². The lowest BCUT2D eigenvalue weighted by atomic mass is 10.1. The number of methoxy groups -OCH3 is 1. The van der Waals surface area contributed by atoms with Crippen molar-refractivity contribution < 1.29 is 19.1 Å². The van der Waals surface area contributed by atoms with Gasteiger partial charge in [-0.25, -0.2) is 4.98 Å². The van der Waals surface area contributed by atoms with Crippen molar-refractivity contribution in [1.29, 1.82) is 0 Å². The van der Waals surface area contributed by atoms with Crippen molar-refractivity contribution >= 4 is 29.4 Å². The summed E-state index contributed by atoms with van der Waals surface area (Å²) < 4.78 is 12.9. The van der Waals surface area contributed by atoms with Crippen molar-refractivity contribution in [2.75, 3.05) is 32.1 Å². The smallest absolute Gasteiger partial charge is 0.254 e. The first-order valence-electron chi connectivity index (χ1n) is 13.2. The van der Waals surface area contributed by atoms with Gasteiger partial charge < -0.3 is 14.4 Å². The number of rotatable bonds is 9. The molecule has 206 valence electrons. The summed E-state index contributed by atoms with van der Waals surface area (Å²) in [5.74, 6) is 0.288. The number of amides is 2. The van der Waals surface area contributed by atoms with Crippen LogP contribution in [0.1, 0.15) is 28.8 Å². The molecule has 0 aliphatic carbocycles. The molecule has 1 atom stereocenters. The molecule has 8 nitrogen and oxygen atoms in total. The third-order valence-corrected chi connectivity index (χ3v) is 7.05. The SMILES string of the molecule is COc1cccc(C(=O)N(CC(=O)Nc2nc(-c3ccc(Cl)cc3)cn2-c2ccc(C)cc2)CC2CCCO2)c1. The van der Waals surface area contributed by atoms with E-state index in [1.54, 1.807) is 43.5 Å². The first-order chi connectivity index (χ1) is 19.4. The van der Waals surface area contributed by atoms with E-state index < -0.39 is 0 Å². The number of nitrogens with zero attached hydrogens (tertiary/aromatic N) is 3. The zero-order chi connectivity index (χ0) is 28.1. The van der Waals surface area contributed by atoms with Crippen LogP contribution in [0.15, 0.2) is 79.0 Å². The molecule has 0 spiro atoms. The van der Waals surface area contributed by atoms with Crippen LogP contribution in [-0.2, 0) is 9.53 Å². The molecular formula is C31H31ClN4O4. The minimum absolute atomic E-state index is 0.117. The number of aromatic nitrogens is 2. The highest BCUT2D eigenvalue weighted by Gasteiger charge is 2.26.